The number of amidine groups is 1. The van der Waals surface area contributed by atoms with E-state index < -0.39 is 15.2 Å². The highest BCUT2D eigenvalue weighted by atomic mass is 32.2. The van der Waals surface area contributed by atoms with Crippen LogP contribution in [0.2, 0.25) is 0 Å². The predicted octanol–water partition coefficient (Wildman–Crippen LogP) is 2.30. The fraction of sp³-hybridized carbons (Fsp3) is 0.381. The summed E-state index contributed by atoms with van der Waals surface area (Å²) in [6, 6.07) is 14.2. The van der Waals surface area contributed by atoms with Crippen LogP contribution < -0.4 is 11.1 Å². The van der Waals surface area contributed by atoms with Crippen LogP contribution >= 0.6 is 0 Å². The van der Waals surface area contributed by atoms with Crippen molar-refractivity contribution in [1.29, 1.82) is 5.41 Å². The van der Waals surface area contributed by atoms with Crippen molar-refractivity contribution >= 4 is 15.7 Å². The van der Waals surface area contributed by atoms with Gasteiger partial charge in [0, 0.05) is 31.7 Å². The molecule has 1 aliphatic heterocycles. The van der Waals surface area contributed by atoms with Gasteiger partial charge in [0.15, 0.2) is 9.84 Å². The van der Waals surface area contributed by atoms with Crippen LogP contribution in [0.5, 0.6) is 0 Å². The Balaban J connectivity index is 2.00. The van der Waals surface area contributed by atoms with E-state index in [0.717, 1.165) is 31.5 Å². The Bertz CT molecular complexity index is 902. The van der Waals surface area contributed by atoms with Gasteiger partial charge in [0.05, 0.1) is 4.90 Å². The van der Waals surface area contributed by atoms with Crippen molar-refractivity contribution in [3.63, 3.8) is 0 Å². The quantitative estimate of drug-likeness (QED) is 0.489. The number of hydrogen-bond acceptors (Lipinski definition) is 5. The maximum Gasteiger partial charge on any atom is 0.198 e. The van der Waals surface area contributed by atoms with Crippen LogP contribution in [0.4, 0.5) is 0 Å². The number of aryl methyl sites for hydroxylation is 1. The fourth-order valence-electron chi connectivity index (χ4n) is 3.59. The lowest BCUT2D eigenvalue weighted by Gasteiger charge is -2.34. The second-order valence-electron chi connectivity index (χ2n) is 7.11. The number of nitrogens with zero attached hydrogens (tertiary/aromatic N) is 1. The summed E-state index contributed by atoms with van der Waals surface area (Å²) < 4.78 is 27.2. The van der Waals surface area contributed by atoms with E-state index in [1.165, 1.54) is 0 Å². The van der Waals surface area contributed by atoms with Gasteiger partial charge in [0.2, 0.25) is 0 Å². The summed E-state index contributed by atoms with van der Waals surface area (Å²) in [7, 11) is -3.61. The molecule has 3 rings (SSSR count). The fourth-order valence-corrected chi connectivity index (χ4v) is 5.49. The first-order valence-corrected chi connectivity index (χ1v) is 11.2. The molecule has 0 spiro atoms. The van der Waals surface area contributed by atoms with E-state index in [1.54, 1.807) is 36.4 Å². The highest BCUT2D eigenvalue weighted by Crippen LogP contribution is 2.33. The lowest BCUT2D eigenvalue weighted by Crippen LogP contribution is -2.47. The monoisotopic (exact) mass is 400 g/mol. The van der Waals surface area contributed by atoms with Crippen molar-refractivity contribution < 1.29 is 8.42 Å². The second kappa shape index (κ2) is 8.86. The standard InChI is InChI=1S/C21H28N4O2S/c1-2-3-16-4-10-19(11-5-16)28(26,27)21(25-14-12-24-13-15-25)18-8-6-17(7-9-18)20(22)23/h4-11,21,24H,2-3,12-15H2,1H3,(H3,22,23). The number of sulfone groups is 1. The number of benzene rings is 2. The van der Waals surface area contributed by atoms with E-state index in [0.29, 0.717) is 29.1 Å². The first-order valence-electron chi connectivity index (χ1n) is 9.65. The van der Waals surface area contributed by atoms with Crippen LogP contribution in [0, 0.1) is 5.41 Å². The minimum Gasteiger partial charge on any atom is -0.384 e. The summed E-state index contributed by atoms with van der Waals surface area (Å²) in [5, 5.41) is 10.1. The Kier molecular flexibility index (Phi) is 6.49. The van der Waals surface area contributed by atoms with Crippen molar-refractivity contribution in [3.05, 3.63) is 65.2 Å². The largest absolute Gasteiger partial charge is 0.384 e. The summed E-state index contributed by atoms with van der Waals surface area (Å²) in [4.78, 5) is 2.35. The Hall–Kier alpha value is -2.22. The van der Waals surface area contributed by atoms with Gasteiger partial charge in [0.1, 0.15) is 11.2 Å². The van der Waals surface area contributed by atoms with Crippen molar-refractivity contribution in [2.24, 2.45) is 5.73 Å². The molecule has 0 saturated carbocycles. The molecule has 2 aromatic rings. The van der Waals surface area contributed by atoms with E-state index in [9.17, 15) is 8.42 Å². The minimum atomic E-state index is -3.61. The second-order valence-corrected chi connectivity index (χ2v) is 9.12. The molecule has 1 atom stereocenters. The zero-order valence-corrected chi connectivity index (χ0v) is 17.0. The topological polar surface area (TPSA) is 99.3 Å². The summed E-state index contributed by atoms with van der Waals surface area (Å²) in [5.74, 6) is -0.0281. The SMILES string of the molecule is CCCc1ccc(S(=O)(=O)C(c2ccc(C(=N)N)cc2)N2CCNCC2)cc1. The van der Waals surface area contributed by atoms with E-state index >= 15 is 0 Å². The van der Waals surface area contributed by atoms with Gasteiger partial charge >= 0.3 is 0 Å². The normalized spacial score (nSPS) is 16.6. The van der Waals surface area contributed by atoms with Gasteiger partial charge in [-0.3, -0.25) is 10.3 Å². The van der Waals surface area contributed by atoms with Gasteiger partial charge in [-0.05, 0) is 29.7 Å². The van der Waals surface area contributed by atoms with Crippen LogP contribution in [-0.2, 0) is 16.3 Å². The maximum atomic E-state index is 13.6. The van der Waals surface area contributed by atoms with Gasteiger partial charge < -0.3 is 11.1 Å². The minimum absolute atomic E-state index is 0.0281. The van der Waals surface area contributed by atoms with E-state index in [2.05, 4.69) is 12.2 Å². The Morgan fingerprint density at radius 2 is 1.71 bits per heavy atom. The number of piperazine rings is 1. The van der Waals surface area contributed by atoms with E-state index in [4.69, 9.17) is 11.1 Å². The molecule has 0 amide bonds. The highest BCUT2D eigenvalue weighted by Gasteiger charge is 2.35. The molecule has 1 unspecified atom stereocenters. The molecule has 6 nitrogen and oxygen atoms in total. The average Bonchev–Trinajstić information content (AvgIpc) is 2.70. The molecule has 1 aliphatic rings. The first-order chi connectivity index (χ1) is 13.4. The molecule has 0 radical (unpaired) electrons. The molecule has 4 N–H and O–H groups in total. The van der Waals surface area contributed by atoms with Gasteiger partial charge in [0.25, 0.3) is 0 Å². The summed E-state index contributed by atoms with van der Waals surface area (Å²) >= 11 is 0. The molecule has 28 heavy (non-hydrogen) atoms. The highest BCUT2D eigenvalue weighted by molar-refractivity contribution is 7.91. The lowest BCUT2D eigenvalue weighted by atomic mass is 10.1. The van der Waals surface area contributed by atoms with Crippen molar-refractivity contribution in [3.8, 4) is 0 Å². The molecule has 7 heteroatoms. The van der Waals surface area contributed by atoms with Crippen LogP contribution in [0.25, 0.3) is 0 Å². The lowest BCUT2D eigenvalue weighted by molar-refractivity contribution is 0.219. The number of nitrogens with two attached hydrogens (primary N) is 1. The predicted molar refractivity (Wildman–Crippen MR) is 112 cm³/mol. The third kappa shape index (κ3) is 4.43. The zero-order valence-electron chi connectivity index (χ0n) is 16.2. The third-order valence-electron chi connectivity index (χ3n) is 5.07. The molecule has 1 saturated heterocycles. The average molecular weight is 401 g/mol. The molecule has 0 bridgehead atoms. The van der Waals surface area contributed by atoms with Crippen LogP contribution in [0.15, 0.2) is 53.4 Å². The molecule has 150 valence electrons. The summed E-state index contributed by atoms with van der Waals surface area (Å²) in [6.45, 7) is 4.94. The van der Waals surface area contributed by atoms with Gasteiger partial charge in [-0.25, -0.2) is 8.42 Å². The van der Waals surface area contributed by atoms with Crippen molar-refractivity contribution in [2.75, 3.05) is 26.2 Å². The smallest absolute Gasteiger partial charge is 0.198 e. The summed E-state index contributed by atoms with van der Waals surface area (Å²) in [6.07, 6.45) is 1.96. The molecular formula is C21H28N4O2S. The first kappa shape index (κ1) is 20.5. The third-order valence-corrected chi connectivity index (χ3v) is 7.16. The van der Waals surface area contributed by atoms with Gasteiger partial charge in [-0.1, -0.05) is 49.7 Å². The molecular weight excluding hydrogens is 372 g/mol. The number of rotatable bonds is 7. The van der Waals surface area contributed by atoms with Crippen LogP contribution in [-0.4, -0.2) is 45.3 Å². The Labute approximate surface area is 167 Å². The van der Waals surface area contributed by atoms with Crippen molar-refractivity contribution in [2.45, 2.75) is 30.0 Å². The zero-order chi connectivity index (χ0) is 20.1. The Morgan fingerprint density at radius 3 is 2.25 bits per heavy atom. The maximum absolute atomic E-state index is 13.6. The van der Waals surface area contributed by atoms with Gasteiger partial charge in [-0.15, -0.1) is 0 Å². The number of nitrogens with one attached hydrogen (secondary N) is 2. The van der Waals surface area contributed by atoms with E-state index in [1.807, 2.05) is 17.0 Å². The summed E-state index contributed by atoms with van der Waals surface area (Å²) in [5.41, 5.74) is 7.97. The number of hydrogen-bond donors (Lipinski definition) is 3. The molecule has 1 heterocycles. The number of nitrogen functional groups attached to an aromatic ring is 1. The van der Waals surface area contributed by atoms with Crippen LogP contribution in [0.3, 0.4) is 0 Å². The molecule has 1 fully saturated rings. The molecule has 0 aliphatic carbocycles. The Morgan fingerprint density at radius 1 is 1.11 bits per heavy atom. The molecule has 2 aromatic carbocycles. The van der Waals surface area contributed by atoms with Crippen LogP contribution in [0.1, 0.15) is 35.4 Å². The molecule has 0 aromatic heterocycles. The van der Waals surface area contributed by atoms with E-state index in [-0.39, 0.29) is 5.84 Å². The van der Waals surface area contributed by atoms with Crippen molar-refractivity contribution in [1.82, 2.24) is 10.2 Å². The van der Waals surface area contributed by atoms with Gasteiger partial charge in [-0.2, -0.15) is 0 Å².